The summed E-state index contributed by atoms with van der Waals surface area (Å²) in [5.41, 5.74) is 7.30. The van der Waals surface area contributed by atoms with Gasteiger partial charge in [0.05, 0.1) is 28.5 Å². The molecular weight excluding hydrogens is 444 g/mol. The summed E-state index contributed by atoms with van der Waals surface area (Å²) in [5.74, 6) is -1.11. The van der Waals surface area contributed by atoms with Gasteiger partial charge in [-0.25, -0.2) is 9.67 Å². The first-order valence-corrected chi connectivity index (χ1v) is 10.8. The normalized spacial score (nSPS) is 10.7. The third-order valence-electron chi connectivity index (χ3n) is 5.39. The minimum absolute atomic E-state index is 0.282. The Morgan fingerprint density at radius 1 is 0.829 bits per heavy atom. The molecule has 0 radical (unpaired) electrons. The van der Waals surface area contributed by atoms with E-state index in [4.69, 9.17) is 0 Å². The number of amides is 2. The molecule has 5 rings (SSSR count). The van der Waals surface area contributed by atoms with Crippen molar-refractivity contribution in [1.29, 1.82) is 0 Å². The van der Waals surface area contributed by atoms with Crippen molar-refractivity contribution in [2.75, 3.05) is 0 Å². The Bertz CT molecular complexity index is 1580. The quantitative estimate of drug-likeness (QED) is 0.389. The van der Waals surface area contributed by atoms with E-state index in [1.54, 1.807) is 35.1 Å². The zero-order valence-corrected chi connectivity index (χ0v) is 18.5. The van der Waals surface area contributed by atoms with E-state index in [0.717, 1.165) is 11.3 Å². The van der Waals surface area contributed by atoms with Crippen LogP contribution in [0.25, 0.3) is 27.8 Å². The summed E-state index contributed by atoms with van der Waals surface area (Å²) in [6.07, 6.45) is 2.92. The van der Waals surface area contributed by atoms with Crippen LogP contribution < -0.4 is 16.4 Å². The van der Waals surface area contributed by atoms with E-state index in [9.17, 15) is 14.4 Å². The molecule has 9 nitrogen and oxygen atoms in total. The van der Waals surface area contributed by atoms with Crippen molar-refractivity contribution in [2.45, 2.75) is 6.54 Å². The molecule has 3 aromatic carbocycles. The number of nitrogens with zero attached hydrogens (tertiary/aromatic N) is 4. The smallest absolute Gasteiger partial charge is 0.273 e. The van der Waals surface area contributed by atoms with Gasteiger partial charge in [-0.1, -0.05) is 60.7 Å². The van der Waals surface area contributed by atoms with Gasteiger partial charge in [-0.05, 0) is 24.3 Å². The number of para-hydroxylation sites is 2. The monoisotopic (exact) mass is 464 g/mol. The molecule has 0 aliphatic rings. The average Bonchev–Trinajstić information content (AvgIpc) is 3.36. The molecule has 5 aromatic rings. The highest BCUT2D eigenvalue weighted by Crippen LogP contribution is 2.23. The molecule has 0 spiro atoms. The molecule has 2 aromatic heterocycles. The summed E-state index contributed by atoms with van der Waals surface area (Å²) in [6.45, 7) is -0.300. The number of fused-ring (bicyclic) bond motifs is 1. The molecule has 2 amide bonds. The van der Waals surface area contributed by atoms with E-state index in [1.165, 1.54) is 10.9 Å². The fourth-order valence-electron chi connectivity index (χ4n) is 3.67. The van der Waals surface area contributed by atoms with Crippen LogP contribution in [-0.2, 0) is 11.3 Å². The second-order valence-electron chi connectivity index (χ2n) is 7.73. The van der Waals surface area contributed by atoms with Crippen LogP contribution in [-0.4, -0.2) is 31.1 Å². The Hall–Kier alpha value is -5.05. The fraction of sp³-hybridized carbons (Fsp3) is 0.0385. The Kier molecular flexibility index (Phi) is 5.87. The third kappa shape index (κ3) is 4.55. The van der Waals surface area contributed by atoms with Crippen LogP contribution in [0.1, 0.15) is 10.4 Å². The number of hydrogen-bond donors (Lipinski definition) is 2. The van der Waals surface area contributed by atoms with E-state index in [1.807, 2.05) is 60.7 Å². The van der Waals surface area contributed by atoms with Gasteiger partial charge in [0.25, 0.3) is 17.4 Å². The molecule has 0 aliphatic heterocycles. The predicted molar refractivity (Wildman–Crippen MR) is 131 cm³/mol. The first kappa shape index (κ1) is 21.8. The summed E-state index contributed by atoms with van der Waals surface area (Å²) < 4.78 is 2.80. The van der Waals surface area contributed by atoms with Crippen LogP contribution in [0, 0.1) is 0 Å². The number of benzene rings is 3. The van der Waals surface area contributed by atoms with Crippen LogP contribution in [0.15, 0.2) is 102 Å². The summed E-state index contributed by atoms with van der Waals surface area (Å²) in [7, 11) is 0. The van der Waals surface area contributed by atoms with E-state index < -0.39 is 11.8 Å². The third-order valence-corrected chi connectivity index (χ3v) is 5.39. The second kappa shape index (κ2) is 9.44. The summed E-state index contributed by atoms with van der Waals surface area (Å²) in [5, 5.41) is 5.01. The number of rotatable bonds is 5. The minimum atomic E-state index is -0.575. The van der Waals surface area contributed by atoms with Gasteiger partial charge in [-0.15, -0.1) is 0 Å². The maximum Gasteiger partial charge on any atom is 0.273 e. The number of nitrogens with one attached hydrogen (secondary N) is 2. The Morgan fingerprint density at radius 2 is 1.51 bits per heavy atom. The van der Waals surface area contributed by atoms with Gasteiger partial charge >= 0.3 is 0 Å². The molecule has 172 valence electrons. The molecule has 0 fully saturated rings. The van der Waals surface area contributed by atoms with E-state index in [-0.39, 0.29) is 17.7 Å². The van der Waals surface area contributed by atoms with E-state index in [2.05, 4.69) is 20.9 Å². The number of hydrazine groups is 1. The molecule has 35 heavy (non-hydrogen) atoms. The minimum Gasteiger partial charge on any atom is -0.289 e. The molecule has 0 saturated heterocycles. The van der Waals surface area contributed by atoms with Crippen molar-refractivity contribution in [3.8, 4) is 16.9 Å². The number of hydrogen-bond acceptors (Lipinski definition) is 5. The van der Waals surface area contributed by atoms with Crippen molar-refractivity contribution in [3.05, 3.63) is 113 Å². The van der Waals surface area contributed by atoms with Gasteiger partial charge in [0.1, 0.15) is 12.2 Å². The Morgan fingerprint density at radius 3 is 2.29 bits per heavy atom. The van der Waals surface area contributed by atoms with Crippen molar-refractivity contribution < 1.29 is 9.59 Å². The zero-order valence-electron chi connectivity index (χ0n) is 18.5. The first-order valence-electron chi connectivity index (χ1n) is 10.8. The van der Waals surface area contributed by atoms with Crippen LogP contribution >= 0.6 is 0 Å². The van der Waals surface area contributed by atoms with Crippen LogP contribution in [0.2, 0.25) is 0 Å². The number of carbonyl (C=O) groups is 2. The highest BCUT2D eigenvalue weighted by atomic mass is 16.2. The molecule has 0 aliphatic carbocycles. The Balaban J connectivity index is 1.35. The van der Waals surface area contributed by atoms with Gasteiger partial charge in [0.15, 0.2) is 0 Å². The highest BCUT2D eigenvalue weighted by Gasteiger charge is 2.19. The predicted octanol–water partition coefficient (Wildman–Crippen LogP) is 2.71. The van der Waals surface area contributed by atoms with Gasteiger partial charge in [-0.3, -0.25) is 29.8 Å². The molecule has 2 N–H and O–H groups in total. The Labute approximate surface area is 199 Å². The van der Waals surface area contributed by atoms with Crippen LogP contribution in [0.5, 0.6) is 0 Å². The first-order chi connectivity index (χ1) is 17.1. The second-order valence-corrected chi connectivity index (χ2v) is 7.73. The lowest BCUT2D eigenvalue weighted by Gasteiger charge is -2.09. The van der Waals surface area contributed by atoms with E-state index >= 15 is 0 Å². The fourth-order valence-corrected chi connectivity index (χ4v) is 3.67. The van der Waals surface area contributed by atoms with Gasteiger partial charge < -0.3 is 0 Å². The zero-order chi connectivity index (χ0) is 24.2. The maximum atomic E-state index is 13.0. The maximum absolute atomic E-state index is 13.0. The van der Waals surface area contributed by atoms with Crippen molar-refractivity contribution in [1.82, 2.24) is 30.2 Å². The van der Waals surface area contributed by atoms with Crippen molar-refractivity contribution in [3.63, 3.8) is 0 Å². The number of carbonyl (C=O) groups excluding carboxylic acids is 2. The van der Waals surface area contributed by atoms with E-state index in [0.29, 0.717) is 16.6 Å². The van der Waals surface area contributed by atoms with Gasteiger partial charge in [-0.2, -0.15) is 5.10 Å². The highest BCUT2D eigenvalue weighted by molar-refractivity contribution is 6.00. The molecule has 0 atom stereocenters. The number of aromatic nitrogens is 4. The summed E-state index contributed by atoms with van der Waals surface area (Å²) >= 11 is 0. The van der Waals surface area contributed by atoms with Crippen molar-refractivity contribution >= 4 is 22.7 Å². The largest absolute Gasteiger partial charge is 0.289 e. The summed E-state index contributed by atoms with van der Waals surface area (Å²) in [6, 6.07) is 25.6. The lowest BCUT2D eigenvalue weighted by atomic mass is 10.1. The lowest BCUT2D eigenvalue weighted by molar-refractivity contribution is -0.122. The van der Waals surface area contributed by atoms with Gasteiger partial charge in [0.2, 0.25) is 0 Å². The molecule has 0 unspecified atom stereocenters. The standard InChI is InChI=1S/C26H20N6O3/c33-23(16-31-17-27-22-14-8-7-13-20(22)26(31)35)28-29-25(34)21-15-32(19-11-5-2-6-12-19)30-24(21)18-9-3-1-4-10-18/h1-15,17H,16H2,(H,28,33)(H,29,34). The molecule has 2 heterocycles. The molecule has 9 heteroatoms. The topological polar surface area (TPSA) is 111 Å². The van der Waals surface area contributed by atoms with Crippen molar-refractivity contribution in [2.24, 2.45) is 0 Å². The lowest BCUT2D eigenvalue weighted by Crippen LogP contribution is -2.44. The van der Waals surface area contributed by atoms with Crippen LogP contribution in [0.3, 0.4) is 0 Å². The SMILES string of the molecule is O=C(Cn1cnc2ccccc2c1=O)NNC(=O)c1cn(-c2ccccc2)nc1-c1ccccc1. The average molecular weight is 464 g/mol. The van der Waals surface area contributed by atoms with Crippen LogP contribution in [0.4, 0.5) is 0 Å². The molecule has 0 bridgehead atoms. The molecule has 0 saturated carbocycles. The molecular formula is C26H20N6O3. The van der Waals surface area contributed by atoms with Gasteiger partial charge in [0, 0.05) is 11.8 Å². The summed E-state index contributed by atoms with van der Waals surface area (Å²) in [4.78, 5) is 42.3.